The first-order valence-electron chi connectivity index (χ1n) is 7.23. The Morgan fingerprint density at radius 2 is 2.00 bits per heavy atom. The Morgan fingerprint density at radius 3 is 2.81 bits per heavy atom. The van der Waals surface area contributed by atoms with E-state index in [1.54, 1.807) is 0 Å². The molecule has 0 radical (unpaired) electrons. The number of nitrogens with zero attached hydrogens (tertiary/aromatic N) is 3. The van der Waals surface area contributed by atoms with Gasteiger partial charge in [0.2, 0.25) is 5.95 Å². The van der Waals surface area contributed by atoms with Crippen molar-refractivity contribution < 1.29 is 0 Å². The number of aromatic nitrogens is 3. The first-order chi connectivity index (χ1) is 10.2. The molecule has 0 fully saturated rings. The highest BCUT2D eigenvalue weighted by Crippen LogP contribution is 2.32. The second kappa shape index (κ2) is 4.48. The maximum atomic E-state index is 5.95. The Labute approximate surface area is 122 Å². The molecule has 5 nitrogen and oxygen atoms in total. The molecule has 0 saturated carbocycles. The van der Waals surface area contributed by atoms with Crippen LogP contribution in [0.2, 0.25) is 0 Å². The largest absolute Gasteiger partial charge is 0.383 e. The minimum absolute atomic E-state index is 0.220. The molecule has 1 aromatic carbocycles. The van der Waals surface area contributed by atoms with Gasteiger partial charge in [-0.25, -0.2) is 4.98 Å². The van der Waals surface area contributed by atoms with Gasteiger partial charge in [0.15, 0.2) is 0 Å². The van der Waals surface area contributed by atoms with Crippen LogP contribution in [0.5, 0.6) is 0 Å². The van der Waals surface area contributed by atoms with Crippen LogP contribution in [0, 0.1) is 0 Å². The first-order valence-corrected chi connectivity index (χ1v) is 7.23. The lowest BCUT2D eigenvalue weighted by Gasteiger charge is -2.19. The zero-order chi connectivity index (χ0) is 14.4. The van der Waals surface area contributed by atoms with E-state index in [0.717, 1.165) is 21.8 Å². The monoisotopic (exact) mass is 279 g/mol. The molecule has 0 spiro atoms. The van der Waals surface area contributed by atoms with Crippen LogP contribution in [0.15, 0.2) is 36.5 Å². The summed E-state index contributed by atoms with van der Waals surface area (Å²) >= 11 is 0. The first kappa shape index (κ1) is 12.2. The summed E-state index contributed by atoms with van der Waals surface area (Å²) in [6.07, 6.45) is 10.3. The Bertz CT molecular complexity index is 862. The zero-order valence-corrected chi connectivity index (χ0v) is 11.7. The molecule has 0 aliphatic heterocycles. The lowest BCUT2D eigenvalue weighted by atomic mass is 10.0. The standard InChI is InChI=1S/C16H17N5/c17-15-12-6-7-13-11(14(12)19-16(18)20-15)8-9-21(13)10-4-2-1-3-5-10/h2,4,6-10H,1,3,5H2,(H4,17,18,19,20). The predicted octanol–water partition coefficient (Wildman–Crippen LogP) is 3.03. The van der Waals surface area contributed by atoms with E-state index in [9.17, 15) is 0 Å². The van der Waals surface area contributed by atoms with Gasteiger partial charge < -0.3 is 16.0 Å². The summed E-state index contributed by atoms with van der Waals surface area (Å²) in [6.45, 7) is 0. The van der Waals surface area contributed by atoms with Gasteiger partial charge in [0.25, 0.3) is 0 Å². The van der Waals surface area contributed by atoms with E-state index in [1.165, 1.54) is 19.3 Å². The van der Waals surface area contributed by atoms with Crippen LogP contribution in [-0.4, -0.2) is 14.5 Å². The highest BCUT2D eigenvalue weighted by Gasteiger charge is 2.15. The number of anilines is 2. The fourth-order valence-corrected chi connectivity index (χ4v) is 3.19. The summed E-state index contributed by atoms with van der Waals surface area (Å²) in [7, 11) is 0. The highest BCUT2D eigenvalue weighted by atomic mass is 15.0. The van der Waals surface area contributed by atoms with Crippen LogP contribution in [0.4, 0.5) is 11.8 Å². The zero-order valence-electron chi connectivity index (χ0n) is 11.7. The summed E-state index contributed by atoms with van der Waals surface area (Å²) in [6, 6.07) is 6.59. The molecule has 2 heterocycles. The van der Waals surface area contributed by atoms with Gasteiger partial charge in [0, 0.05) is 17.0 Å². The molecule has 1 aliphatic rings. The molecule has 1 unspecified atom stereocenters. The van der Waals surface area contributed by atoms with Crippen molar-refractivity contribution in [3.8, 4) is 0 Å². The van der Waals surface area contributed by atoms with Crippen molar-refractivity contribution in [2.45, 2.75) is 25.3 Å². The number of fused-ring (bicyclic) bond motifs is 3. The smallest absolute Gasteiger partial charge is 0.222 e. The van der Waals surface area contributed by atoms with Gasteiger partial charge in [-0.05, 0) is 37.5 Å². The van der Waals surface area contributed by atoms with Crippen molar-refractivity contribution in [1.29, 1.82) is 0 Å². The number of nitrogens with two attached hydrogens (primary N) is 2. The normalized spacial score (nSPS) is 18.6. The Balaban J connectivity index is 1.99. The quantitative estimate of drug-likeness (QED) is 0.671. The van der Waals surface area contributed by atoms with E-state index in [1.807, 2.05) is 6.07 Å². The van der Waals surface area contributed by atoms with E-state index in [-0.39, 0.29) is 5.95 Å². The molecule has 4 rings (SSSR count). The van der Waals surface area contributed by atoms with Crippen LogP contribution >= 0.6 is 0 Å². The van der Waals surface area contributed by atoms with Gasteiger partial charge >= 0.3 is 0 Å². The van der Waals surface area contributed by atoms with E-state index in [0.29, 0.717) is 11.9 Å². The molecule has 1 atom stereocenters. The van der Waals surface area contributed by atoms with Gasteiger partial charge in [-0.3, -0.25) is 0 Å². The molecule has 4 N–H and O–H groups in total. The average molecular weight is 279 g/mol. The second-order valence-electron chi connectivity index (χ2n) is 5.51. The maximum absolute atomic E-state index is 5.95. The SMILES string of the molecule is Nc1nc(N)c2ccc3c(ccn3C3C=CCCC3)c2n1. The van der Waals surface area contributed by atoms with Crippen molar-refractivity contribution in [3.05, 3.63) is 36.5 Å². The van der Waals surface area contributed by atoms with E-state index in [4.69, 9.17) is 11.5 Å². The molecule has 1 aliphatic carbocycles. The molecule has 5 heteroatoms. The van der Waals surface area contributed by atoms with Gasteiger partial charge in [0.1, 0.15) is 5.82 Å². The second-order valence-corrected chi connectivity index (χ2v) is 5.51. The molecule has 21 heavy (non-hydrogen) atoms. The lowest BCUT2D eigenvalue weighted by Crippen LogP contribution is -2.07. The summed E-state index contributed by atoms with van der Waals surface area (Å²) in [5.41, 5.74) is 13.7. The van der Waals surface area contributed by atoms with Gasteiger partial charge in [0.05, 0.1) is 17.1 Å². The van der Waals surface area contributed by atoms with Crippen molar-refractivity contribution in [2.75, 3.05) is 11.5 Å². The molecule has 3 aromatic rings. The Kier molecular flexibility index (Phi) is 2.60. The molecule has 0 amide bonds. The van der Waals surface area contributed by atoms with Crippen molar-refractivity contribution >= 4 is 33.6 Å². The number of benzene rings is 1. The van der Waals surface area contributed by atoms with Crippen molar-refractivity contribution in [1.82, 2.24) is 14.5 Å². The third-order valence-corrected chi connectivity index (χ3v) is 4.20. The number of rotatable bonds is 1. The highest BCUT2D eigenvalue weighted by molar-refractivity contribution is 6.07. The third kappa shape index (κ3) is 1.85. The van der Waals surface area contributed by atoms with Crippen LogP contribution in [0.3, 0.4) is 0 Å². The summed E-state index contributed by atoms with van der Waals surface area (Å²) in [5.74, 6) is 0.655. The van der Waals surface area contributed by atoms with Gasteiger partial charge in [-0.2, -0.15) is 4.98 Å². The Morgan fingerprint density at radius 1 is 1.10 bits per heavy atom. The van der Waals surface area contributed by atoms with Crippen LogP contribution in [0.1, 0.15) is 25.3 Å². The summed E-state index contributed by atoms with van der Waals surface area (Å²) < 4.78 is 2.30. The minimum atomic E-state index is 0.220. The number of hydrogen-bond acceptors (Lipinski definition) is 4. The van der Waals surface area contributed by atoms with Crippen LogP contribution in [0.25, 0.3) is 21.8 Å². The summed E-state index contributed by atoms with van der Waals surface area (Å²) in [4.78, 5) is 8.41. The molecular formula is C16H17N5. The average Bonchev–Trinajstić information content (AvgIpc) is 2.92. The fraction of sp³-hybridized carbons (Fsp3) is 0.250. The molecule has 106 valence electrons. The Hall–Kier alpha value is -2.56. The van der Waals surface area contributed by atoms with E-state index < -0.39 is 0 Å². The van der Waals surface area contributed by atoms with E-state index >= 15 is 0 Å². The minimum Gasteiger partial charge on any atom is -0.383 e. The van der Waals surface area contributed by atoms with Gasteiger partial charge in [-0.1, -0.05) is 12.2 Å². The van der Waals surface area contributed by atoms with Crippen molar-refractivity contribution in [3.63, 3.8) is 0 Å². The summed E-state index contributed by atoms with van der Waals surface area (Å²) in [5, 5.41) is 1.93. The topological polar surface area (TPSA) is 82.7 Å². The van der Waals surface area contributed by atoms with Crippen LogP contribution in [-0.2, 0) is 0 Å². The van der Waals surface area contributed by atoms with Crippen molar-refractivity contribution in [2.24, 2.45) is 0 Å². The molecular weight excluding hydrogens is 262 g/mol. The molecule has 0 saturated heterocycles. The molecule has 2 aromatic heterocycles. The molecule has 0 bridgehead atoms. The predicted molar refractivity (Wildman–Crippen MR) is 85.9 cm³/mol. The maximum Gasteiger partial charge on any atom is 0.222 e. The number of hydrogen-bond donors (Lipinski definition) is 2. The van der Waals surface area contributed by atoms with Gasteiger partial charge in [-0.15, -0.1) is 0 Å². The third-order valence-electron chi connectivity index (χ3n) is 4.20. The van der Waals surface area contributed by atoms with Crippen LogP contribution < -0.4 is 11.5 Å². The number of nitrogen functional groups attached to an aromatic ring is 2. The lowest BCUT2D eigenvalue weighted by molar-refractivity contribution is 0.531. The fourth-order valence-electron chi connectivity index (χ4n) is 3.19. The van der Waals surface area contributed by atoms with E-state index in [2.05, 4.69) is 45.0 Å². The number of allylic oxidation sites excluding steroid dienone is 2.